The minimum atomic E-state index is 0.184. The molecule has 0 saturated carbocycles. The first-order valence-corrected chi connectivity index (χ1v) is 8.46. The van der Waals surface area contributed by atoms with Gasteiger partial charge in [0, 0.05) is 13.0 Å². The molecule has 124 valence electrons. The topological polar surface area (TPSA) is 29.1 Å². The summed E-state index contributed by atoms with van der Waals surface area (Å²) >= 11 is 0. The summed E-state index contributed by atoms with van der Waals surface area (Å²) in [4.78, 5) is 11.7. The standard InChI is InChI=1S/C19H37NO/c1-16(2)11-15-20-17(21)10-8-13-19(6,7)14-9-12-18(3,4)5/h9,14,16H,8,10-13,15H2,1-7H3,(H,20,21)/b14-9-. The molecule has 0 saturated heterocycles. The molecule has 0 aliphatic rings. The number of nitrogens with one attached hydrogen (secondary N) is 1. The van der Waals surface area contributed by atoms with E-state index in [0.717, 1.165) is 32.2 Å². The third-order valence-corrected chi connectivity index (χ3v) is 3.57. The van der Waals surface area contributed by atoms with Gasteiger partial charge < -0.3 is 5.32 Å². The number of hydrogen-bond acceptors (Lipinski definition) is 1. The van der Waals surface area contributed by atoms with Crippen LogP contribution in [0.15, 0.2) is 12.2 Å². The van der Waals surface area contributed by atoms with Gasteiger partial charge in [0.25, 0.3) is 0 Å². The Kier molecular flexibility index (Phi) is 8.92. The average molecular weight is 296 g/mol. The quantitative estimate of drug-likeness (QED) is 0.572. The Morgan fingerprint density at radius 1 is 1.14 bits per heavy atom. The fourth-order valence-corrected chi connectivity index (χ4v) is 2.11. The minimum Gasteiger partial charge on any atom is -0.356 e. The molecule has 21 heavy (non-hydrogen) atoms. The van der Waals surface area contributed by atoms with E-state index in [1.165, 1.54) is 0 Å². The number of rotatable bonds is 9. The molecule has 2 heteroatoms. The zero-order chi connectivity index (χ0) is 16.5. The maximum atomic E-state index is 11.7. The van der Waals surface area contributed by atoms with Crippen LogP contribution in [0, 0.1) is 16.7 Å². The van der Waals surface area contributed by atoms with Crippen molar-refractivity contribution in [1.29, 1.82) is 0 Å². The summed E-state index contributed by atoms with van der Waals surface area (Å²) in [5.74, 6) is 0.849. The van der Waals surface area contributed by atoms with E-state index in [4.69, 9.17) is 0 Å². The first-order chi connectivity index (χ1) is 9.52. The van der Waals surface area contributed by atoms with Gasteiger partial charge >= 0.3 is 0 Å². The smallest absolute Gasteiger partial charge is 0.219 e. The molecule has 0 aromatic rings. The van der Waals surface area contributed by atoms with Crippen LogP contribution >= 0.6 is 0 Å². The molecule has 0 bridgehead atoms. The van der Waals surface area contributed by atoms with Gasteiger partial charge in [0.1, 0.15) is 0 Å². The predicted molar refractivity (Wildman–Crippen MR) is 93.3 cm³/mol. The molecule has 0 spiro atoms. The fraction of sp³-hybridized carbons (Fsp3) is 0.842. The van der Waals surface area contributed by atoms with Crippen molar-refractivity contribution < 1.29 is 4.79 Å². The highest BCUT2D eigenvalue weighted by Gasteiger charge is 2.15. The van der Waals surface area contributed by atoms with E-state index in [2.05, 4.69) is 65.9 Å². The van der Waals surface area contributed by atoms with E-state index >= 15 is 0 Å². The fourth-order valence-electron chi connectivity index (χ4n) is 2.11. The second kappa shape index (κ2) is 9.27. The molecule has 0 radical (unpaired) electrons. The second-order valence-electron chi connectivity index (χ2n) is 8.54. The Hall–Kier alpha value is -0.790. The highest BCUT2D eigenvalue weighted by molar-refractivity contribution is 5.75. The summed E-state index contributed by atoms with van der Waals surface area (Å²) in [6, 6.07) is 0. The molecule has 0 heterocycles. The number of hydrogen-bond donors (Lipinski definition) is 1. The normalized spacial score (nSPS) is 13.1. The van der Waals surface area contributed by atoms with Crippen molar-refractivity contribution in [3.8, 4) is 0 Å². The lowest BCUT2D eigenvalue weighted by molar-refractivity contribution is -0.121. The number of allylic oxidation sites excluding steroid dienone is 2. The molecule has 1 amide bonds. The van der Waals surface area contributed by atoms with Gasteiger partial charge in [-0.2, -0.15) is 0 Å². The van der Waals surface area contributed by atoms with Crippen LogP contribution in [0.2, 0.25) is 0 Å². The molecule has 0 aliphatic carbocycles. The Morgan fingerprint density at radius 3 is 2.29 bits per heavy atom. The Labute approximate surface area is 132 Å². The molecule has 0 fully saturated rings. The van der Waals surface area contributed by atoms with Gasteiger partial charge in [-0.15, -0.1) is 0 Å². The zero-order valence-electron chi connectivity index (χ0n) is 15.4. The third kappa shape index (κ3) is 13.9. The van der Waals surface area contributed by atoms with Crippen molar-refractivity contribution in [3.63, 3.8) is 0 Å². The molecule has 0 aromatic heterocycles. The minimum absolute atomic E-state index is 0.184. The lowest BCUT2D eigenvalue weighted by Crippen LogP contribution is -2.25. The summed E-state index contributed by atoms with van der Waals surface area (Å²) in [5.41, 5.74) is 0.534. The van der Waals surface area contributed by atoms with Crippen molar-refractivity contribution in [2.24, 2.45) is 16.7 Å². The van der Waals surface area contributed by atoms with Crippen molar-refractivity contribution in [2.75, 3.05) is 6.54 Å². The lowest BCUT2D eigenvalue weighted by Gasteiger charge is -2.21. The molecule has 0 unspecified atom stereocenters. The van der Waals surface area contributed by atoms with Crippen molar-refractivity contribution in [1.82, 2.24) is 5.32 Å². The van der Waals surface area contributed by atoms with Crippen LogP contribution in [-0.4, -0.2) is 12.5 Å². The zero-order valence-corrected chi connectivity index (χ0v) is 15.4. The second-order valence-corrected chi connectivity index (χ2v) is 8.54. The number of amides is 1. The van der Waals surface area contributed by atoms with E-state index < -0.39 is 0 Å². The van der Waals surface area contributed by atoms with Crippen LogP contribution in [0.3, 0.4) is 0 Å². The van der Waals surface area contributed by atoms with Crippen LogP contribution in [0.1, 0.15) is 80.6 Å². The Balaban J connectivity index is 3.90. The highest BCUT2D eigenvalue weighted by atomic mass is 16.1. The summed E-state index contributed by atoms with van der Waals surface area (Å²) in [7, 11) is 0. The molecule has 0 rings (SSSR count). The molecule has 1 N–H and O–H groups in total. The van der Waals surface area contributed by atoms with Gasteiger partial charge in [-0.25, -0.2) is 0 Å². The van der Waals surface area contributed by atoms with E-state index in [9.17, 15) is 4.79 Å². The van der Waals surface area contributed by atoms with E-state index in [1.54, 1.807) is 0 Å². The Morgan fingerprint density at radius 2 is 1.76 bits per heavy atom. The van der Waals surface area contributed by atoms with Crippen LogP contribution in [0.4, 0.5) is 0 Å². The van der Waals surface area contributed by atoms with Crippen molar-refractivity contribution in [3.05, 3.63) is 12.2 Å². The van der Waals surface area contributed by atoms with Crippen LogP contribution in [0.5, 0.6) is 0 Å². The largest absolute Gasteiger partial charge is 0.356 e. The van der Waals surface area contributed by atoms with Gasteiger partial charge in [0.05, 0.1) is 0 Å². The monoisotopic (exact) mass is 295 g/mol. The van der Waals surface area contributed by atoms with E-state index in [0.29, 0.717) is 17.8 Å². The third-order valence-electron chi connectivity index (χ3n) is 3.57. The SMILES string of the molecule is CC(C)CCNC(=O)CCCC(C)(C)/C=C\CC(C)(C)C. The summed E-state index contributed by atoms with van der Waals surface area (Å²) in [5, 5.41) is 3.01. The summed E-state index contributed by atoms with van der Waals surface area (Å²) in [6.07, 6.45) is 9.44. The van der Waals surface area contributed by atoms with Gasteiger partial charge in [-0.05, 0) is 42.4 Å². The van der Waals surface area contributed by atoms with Crippen LogP contribution in [-0.2, 0) is 4.79 Å². The van der Waals surface area contributed by atoms with Gasteiger partial charge in [0.15, 0.2) is 0 Å². The van der Waals surface area contributed by atoms with Crippen molar-refractivity contribution in [2.45, 2.75) is 80.6 Å². The summed E-state index contributed by atoms with van der Waals surface area (Å²) in [6.45, 7) is 16.4. The van der Waals surface area contributed by atoms with E-state index in [-0.39, 0.29) is 11.3 Å². The molecular formula is C19H37NO. The molecular weight excluding hydrogens is 258 g/mol. The van der Waals surface area contributed by atoms with E-state index in [1.807, 2.05) is 0 Å². The van der Waals surface area contributed by atoms with Crippen molar-refractivity contribution >= 4 is 5.91 Å². The molecule has 0 atom stereocenters. The molecule has 2 nitrogen and oxygen atoms in total. The van der Waals surface area contributed by atoms with Gasteiger partial charge in [0.2, 0.25) is 5.91 Å². The predicted octanol–water partition coefficient (Wildman–Crippen LogP) is 5.34. The Bertz CT molecular complexity index is 321. The number of carbonyl (C=O) groups is 1. The lowest BCUT2D eigenvalue weighted by atomic mass is 9.84. The maximum absolute atomic E-state index is 11.7. The first-order valence-electron chi connectivity index (χ1n) is 8.46. The summed E-state index contributed by atoms with van der Waals surface area (Å²) < 4.78 is 0. The molecule has 0 aliphatic heterocycles. The van der Waals surface area contributed by atoms with Gasteiger partial charge in [-0.1, -0.05) is 60.6 Å². The number of carbonyl (C=O) groups excluding carboxylic acids is 1. The van der Waals surface area contributed by atoms with Crippen LogP contribution < -0.4 is 5.32 Å². The highest BCUT2D eigenvalue weighted by Crippen LogP contribution is 2.27. The van der Waals surface area contributed by atoms with Gasteiger partial charge in [-0.3, -0.25) is 4.79 Å². The molecule has 0 aromatic carbocycles. The average Bonchev–Trinajstić information content (AvgIpc) is 2.25. The van der Waals surface area contributed by atoms with Crippen LogP contribution in [0.25, 0.3) is 0 Å². The maximum Gasteiger partial charge on any atom is 0.219 e. The first kappa shape index (κ1) is 20.2.